The third-order valence-corrected chi connectivity index (χ3v) is 4.29. The van der Waals surface area contributed by atoms with Crippen LogP contribution in [0.1, 0.15) is 0 Å². The molecule has 0 spiro atoms. The van der Waals surface area contributed by atoms with Gasteiger partial charge in [-0.1, -0.05) is 23.2 Å². The van der Waals surface area contributed by atoms with E-state index in [0.29, 0.717) is 57.2 Å². The number of amidine groups is 1. The minimum Gasteiger partial charge on any atom is -0.394 e. The molecular formula is C19H19Cl2N7. The van der Waals surface area contributed by atoms with Gasteiger partial charge >= 0.3 is 0 Å². The first-order valence-electron chi connectivity index (χ1n) is 8.54. The second kappa shape index (κ2) is 9.34. The van der Waals surface area contributed by atoms with E-state index in [9.17, 15) is 0 Å². The molecule has 7 nitrogen and oxygen atoms in total. The Morgan fingerprint density at radius 2 is 2.11 bits per heavy atom. The first-order valence-corrected chi connectivity index (χ1v) is 9.30. The monoisotopic (exact) mass is 415 g/mol. The minimum absolute atomic E-state index is 0.440. The van der Waals surface area contributed by atoms with E-state index in [0.717, 1.165) is 0 Å². The van der Waals surface area contributed by atoms with Gasteiger partial charge in [0.05, 0.1) is 17.1 Å². The molecule has 0 saturated heterocycles. The second-order valence-electron chi connectivity index (χ2n) is 5.75. The molecule has 0 radical (unpaired) electrons. The number of fused-ring (bicyclic) bond motifs is 1. The van der Waals surface area contributed by atoms with Crippen LogP contribution in [-0.2, 0) is 0 Å². The molecule has 0 aliphatic carbocycles. The van der Waals surface area contributed by atoms with Gasteiger partial charge in [0, 0.05) is 30.4 Å². The number of halogens is 2. The predicted octanol–water partition coefficient (Wildman–Crippen LogP) is 3.50. The molecule has 0 fully saturated rings. The molecule has 0 bridgehead atoms. The van der Waals surface area contributed by atoms with Gasteiger partial charge in [-0.2, -0.15) is 0 Å². The Labute approximate surface area is 172 Å². The van der Waals surface area contributed by atoms with Crippen molar-refractivity contribution in [3.05, 3.63) is 58.8 Å². The van der Waals surface area contributed by atoms with E-state index < -0.39 is 0 Å². The average Bonchev–Trinajstić information content (AvgIpc) is 2.69. The molecule has 0 saturated carbocycles. The van der Waals surface area contributed by atoms with Gasteiger partial charge in [-0.15, -0.1) is 0 Å². The Kier molecular flexibility index (Phi) is 6.62. The van der Waals surface area contributed by atoms with Crippen molar-refractivity contribution < 1.29 is 0 Å². The highest BCUT2D eigenvalue weighted by molar-refractivity contribution is 6.36. The maximum Gasteiger partial charge on any atom is 0.163 e. The van der Waals surface area contributed by atoms with E-state index >= 15 is 0 Å². The SMILES string of the molecule is CNC=CC(N)=NCCNc1nc(-c2ccc(Cl)cc2Cl)nc2cccnc12. The van der Waals surface area contributed by atoms with Crippen molar-refractivity contribution in [3.63, 3.8) is 0 Å². The van der Waals surface area contributed by atoms with E-state index in [2.05, 4.69) is 30.6 Å². The number of nitrogens with zero attached hydrogens (tertiary/aromatic N) is 4. The lowest BCUT2D eigenvalue weighted by molar-refractivity contribution is 1.01. The van der Waals surface area contributed by atoms with Crippen LogP contribution in [0.25, 0.3) is 22.4 Å². The number of rotatable bonds is 7. The van der Waals surface area contributed by atoms with Gasteiger partial charge in [0.15, 0.2) is 11.6 Å². The first kappa shape index (κ1) is 19.9. The summed E-state index contributed by atoms with van der Waals surface area (Å²) in [6.07, 6.45) is 5.11. The molecule has 0 aliphatic rings. The van der Waals surface area contributed by atoms with Gasteiger partial charge in [-0.25, -0.2) is 9.97 Å². The van der Waals surface area contributed by atoms with E-state index in [-0.39, 0.29) is 0 Å². The lowest BCUT2D eigenvalue weighted by Crippen LogP contribution is -2.14. The molecule has 0 unspecified atom stereocenters. The van der Waals surface area contributed by atoms with E-state index in [4.69, 9.17) is 28.9 Å². The van der Waals surface area contributed by atoms with E-state index in [1.54, 1.807) is 43.7 Å². The highest BCUT2D eigenvalue weighted by atomic mass is 35.5. The number of aliphatic imine (C=N–C) groups is 1. The lowest BCUT2D eigenvalue weighted by Gasteiger charge is -2.10. The van der Waals surface area contributed by atoms with E-state index in [1.165, 1.54) is 0 Å². The molecule has 144 valence electrons. The maximum atomic E-state index is 6.33. The number of hydrogen-bond acceptors (Lipinski definition) is 6. The molecule has 9 heteroatoms. The van der Waals surface area contributed by atoms with Gasteiger partial charge < -0.3 is 16.4 Å². The summed E-state index contributed by atoms with van der Waals surface area (Å²) < 4.78 is 0. The Balaban J connectivity index is 1.88. The van der Waals surface area contributed by atoms with Crippen LogP contribution >= 0.6 is 23.2 Å². The minimum atomic E-state index is 0.440. The zero-order valence-electron chi connectivity index (χ0n) is 15.2. The highest BCUT2D eigenvalue weighted by Gasteiger charge is 2.12. The highest BCUT2D eigenvalue weighted by Crippen LogP contribution is 2.30. The fourth-order valence-electron chi connectivity index (χ4n) is 2.46. The molecule has 28 heavy (non-hydrogen) atoms. The van der Waals surface area contributed by atoms with Crippen molar-refractivity contribution >= 4 is 45.9 Å². The summed E-state index contributed by atoms with van der Waals surface area (Å²) in [5.74, 6) is 1.53. The summed E-state index contributed by atoms with van der Waals surface area (Å²) in [6.45, 7) is 1.01. The normalized spacial score (nSPS) is 11.9. The van der Waals surface area contributed by atoms with Crippen molar-refractivity contribution in [2.45, 2.75) is 0 Å². The van der Waals surface area contributed by atoms with Crippen LogP contribution in [-0.4, -0.2) is 40.9 Å². The number of hydrogen-bond donors (Lipinski definition) is 3. The number of benzene rings is 1. The molecule has 0 amide bonds. The van der Waals surface area contributed by atoms with Gasteiger partial charge in [0.1, 0.15) is 11.4 Å². The summed E-state index contributed by atoms with van der Waals surface area (Å²) in [4.78, 5) is 17.8. The number of pyridine rings is 1. The van der Waals surface area contributed by atoms with Crippen LogP contribution in [0.2, 0.25) is 10.0 Å². The topological polar surface area (TPSA) is 101 Å². The fraction of sp³-hybridized carbons (Fsp3) is 0.158. The van der Waals surface area contributed by atoms with Crippen molar-refractivity contribution in [1.29, 1.82) is 0 Å². The lowest BCUT2D eigenvalue weighted by atomic mass is 10.2. The van der Waals surface area contributed by atoms with Crippen LogP contribution < -0.4 is 16.4 Å². The zero-order valence-corrected chi connectivity index (χ0v) is 16.7. The fourth-order valence-corrected chi connectivity index (χ4v) is 2.96. The second-order valence-corrected chi connectivity index (χ2v) is 6.59. The molecule has 2 heterocycles. The Bertz CT molecular complexity index is 1030. The number of nitrogens with one attached hydrogen (secondary N) is 2. The van der Waals surface area contributed by atoms with Crippen molar-refractivity contribution in [2.75, 3.05) is 25.5 Å². The molecule has 3 aromatic rings. The summed E-state index contributed by atoms with van der Waals surface area (Å²) >= 11 is 12.3. The van der Waals surface area contributed by atoms with Crippen LogP contribution in [0.3, 0.4) is 0 Å². The van der Waals surface area contributed by atoms with Gasteiger partial charge in [0.25, 0.3) is 0 Å². The van der Waals surface area contributed by atoms with Gasteiger partial charge in [0.2, 0.25) is 0 Å². The van der Waals surface area contributed by atoms with Crippen molar-refractivity contribution in [2.24, 2.45) is 10.7 Å². The van der Waals surface area contributed by atoms with Crippen LogP contribution in [0.4, 0.5) is 5.82 Å². The Morgan fingerprint density at radius 3 is 2.89 bits per heavy atom. The first-order chi connectivity index (χ1) is 13.6. The number of nitrogens with two attached hydrogens (primary N) is 1. The van der Waals surface area contributed by atoms with Crippen LogP contribution in [0.15, 0.2) is 53.8 Å². The summed E-state index contributed by atoms with van der Waals surface area (Å²) in [5, 5.41) is 7.15. The standard InChI is InChI=1S/C19H19Cl2N7/c1-23-8-6-16(22)24-9-10-26-19-17-15(3-2-7-25-17)27-18(28-19)13-5-4-12(20)11-14(13)21/h2-8,11,23H,9-10H2,1H3,(H2,22,24)(H,26,27,28). The maximum absolute atomic E-state index is 6.33. The Hall–Kier alpha value is -2.90. The molecule has 4 N–H and O–H groups in total. The summed E-state index contributed by atoms with van der Waals surface area (Å²) in [7, 11) is 1.79. The van der Waals surface area contributed by atoms with Crippen molar-refractivity contribution in [3.8, 4) is 11.4 Å². The summed E-state index contributed by atoms with van der Waals surface area (Å²) in [5.41, 5.74) is 7.86. The molecule has 2 aromatic heterocycles. The van der Waals surface area contributed by atoms with Gasteiger partial charge in [-0.05, 0) is 42.6 Å². The molecule has 0 atom stereocenters. The molecular weight excluding hydrogens is 397 g/mol. The summed E-state index contributed by atoms with van der Waals surface area (Å²) in [6, 6.07) is 8.92. The average molecular weight is 416 g/mol. The van der Waals surface area contributed by atoms with E-state index in [1.807, 2.05) is 12.1 Å². The molecule has 0 aliphatic heterocycles. The van der Waals surface area contributed by atoms with Crippen LogP contribution in [0.5, 0.6) is 0 Å². The van der Waals surface area contributed by atoms with Crippen LogP contribution in [0, 0.1) is 0 Å². The third-order valence-electron chi connectivity index (χ3n) is 3.75. The quantitative estimate of drug-likeness (QED) is 0.310. The molecule has 3 rings (SSSR count). The smallest absolute Gasteiger partial charge is 0.163 e. The number of aromatic nitrogens is 3. The van der Waals surface area contributed by atoms with Gasteiger partial charge in [-0.3, -0.25) is 9.98 Å². The third kappa shape index (κ3) is 4.88. The molecule has 1 aromatic carbocycles. The number of anilines is 1. The van der Waals surface area contributed by atoms with Crippen molar-refractivity contribution in [1.82, 2.24) is 20.3 Å². The zero-order chi connectivity index (χ0) is 19.9. The Morgan fingerprint density at radius 1 is 1.25 bits per heavy atom. The predicted molar refractivity (Wildman–Crippen MR) is 116 cm³/mol. The largest absolute Gasteiger partial charge is 0.394 e.